The molecule has 1 amide bonds. The molecule has 0 bridgehead atoms. The second kappa shape index (κ2) is 7.24. The molecule has 17 heavy (non-hydrogen) atoms. The van der Waals surface area contributed by atoms with Crippen LogP contribution in [0.25, 0.3) is 0 Å². The smallest absolute Gasteiger partial charge is 0.230 e. The summed E-state index contributed by atoms with van der Waals surface area (Å²) in [6.45, 7) is 1.06. The first-order valence-corrected chi connectivity index (χ1v) is 6.16. The lowest BCUT2D eigenvalue weighted by molar-refractivity contribution is -0.118. The standard InChI is InChI=1S/C11H14F2N2OS/c12-9-3-2-8(6-10(9)13)17-7-11(16)15-5-1-4-14/h2-3,6H,1,4-5,7,14H2,(H,15,16). The van der Waals surface area contributed by atoms with Crippen LogP contribution < -0.4 is 11.1 Å². The molecule has 0 aromatic heterocycles. The zero-order chi connectivity index (χ0) is 12.7. The molecule has 0 spiro atoms. The summed E-state index contributed by atoms with van der Waals surface area (Å²) < 4.78 is 25.5. The number of hydrogen-bond acceptors (Lipinski definition) is 3. The minimum Gasteiger partial charge on any atom is -0.355 e. The molecule has 0 saturated carbocycles. The molecule has 0 heterocycles. The van der Waals surface area contributed by atoms with Gasteiger partial charge in [-0.25, -0.2) is 8.78 Å². The highest BCUT2D eigenvalue weighted by atomic mass is 32.2. The highest BCUT2D eigenvalue weighted by Gasteiger charge is 2.05. The van der Waals surface area contributed by atoms with E-state index in [1.165, 1.54) is 6.07 Å². The summed E-state index contributed by atoms with van der Waals surface area (Å²) in [5, 5.41) is 2.67. The van der Waals surface area contributed by atoms with Crippen LogP contribution in [0.15, 0.2) is 23.1 Å². The number of hydrogen-bond donors (Lipinski definition) is 2. The minimum absolute atomic E-state index is 0.145. The summed E-state index contributed by atoms with van der Waals surface area (Å²) >= 11 is 1.16. The van der Waals surface area contributed by atoms with Crippen LogP contribution in [0, 0.1) is 11.6 Å². The zero-order valence-electron chi connectivity index (χ0n) is 9.21. The lowest BCUT2D eigenvalue weighted by atomic mass is 10.3. The fourth-order valence-corrected chi connectivity index (χ4v) is 1.85. The first-order valence-electron chi connectivity index (χ1n) is 5.18. The van der Waals surface area contributed by atoms with Crippen molar-refractivity contribution in [2.75, 3.05) is 18.8 Å². The van der Waals surface area contributed by atoms with E-state index in [1.54, 1.807) is 0 Å². The van der Waals surface area contributed by atoms with E-state index >= 15 is 0 Å². The first kappa shape index (κ1) is 13.9. The van der Waals surface area contributed by atoms with Crippen LogP contribution >= 0.6 is 11.8 Å². The van der Waals surface area contributed by atoms with E-state index in [0.29, 0.717) is 18.0 Å². The largest absolute Gasteiger partial charge is 0.355 e. The molecule has 0 fully saturated rings. The van der Waals surface area contributed by atoms with Crippen LogP contribution in [0.2, 0.25) is 0 Å². The lowest BCUT2D eigenvalue weighted by Crippen LogP contribution is -2.27. The third-order valence-corrected chi connectivity index (χ3v) is 2.96. The van der Waals surface area contributed by atoms with Gasteiger partial charge in [-0.15, -0.1) is 11.8 Å². The predicted octanol–water partition coefficient (Wildman–Crippen LogP) is 1.52. The number of benzene rings is 1. The number of amides is 1. The van der Waals surface area contributed by atoms with Crippen LogP contribution in [0.4, 0.5) is 8.78 Å². The number of nitrogens with two attached hydrogens (primary N) is 1. The summed E-state index contributed by atoms with van der Waals surface area (Å²) in [7, 11) is 0. The van der Waals surface area contributed by atoms with Crippen LogP contribution in [-0.4, -0.2) is 24.7 Å². The Morgan fingerprint density at radius 2 is 2.12 bits per heavy atom. The monoisotopic (exact) mass is 260 g/mol. The maximum absolute atomic E-state index is 12.8. The van der Waals surface area contributed by atoms with Crippen molar-refractivity contribution in [3.8, 4) is 0 Å². The SMILES string of the molecule is NCCCNC(=O)CSc1ccc(F)c(F)c1. The van der Waals surface area contributed by atoms with E-state index in [2.05, 4.69) is 5.32 Å². The van der Waals surface area contributed by atoms with Gasteiger partial charge in [0.2, 0.25) is 5.91 Å². The molecule has 0 aliphatic rings. The van der Waals surface area contributed by atoms with Crippen molar-refractivity contribution in [2.24, 2.45) is 5.73 Å². The quantitative estimate of drug-likeness (QED) is 0.602. The molecule has 0 aliphatic carbocycles. The van der Waals surface area contributed by atoms with Crippen molar-refractivity contribution in [1.82, 2.24) is 5.32 Å². The Hall–Kier alpha value is -1.14. The molecular weight excluding hydrogens is 246 g/mol. The van der Waals surface area contributed by atoms with Gasteiger partial charge in [-0.2, -0.15) is 0 Å². The lowest BCUT2D eigenvalue weighted by Gasteiger charge is -2.04. The zero-order valence-corrected chi connectivity index (χ0v) is 10.0. The molecule has 3 N–H and O–H groups in total. The van der Waals surface area contributed by atoms with E-state index in [1.807, 2.05) is 0 Å². The van der Waals surface area contributed by atoms with Gasteiger partial charge in [0.25, 0.3) is 0 Å². The molecule has 94 valence electrons. The van der Waals surface area contributed by atoms with E-state index in [0.717, 1.165) is 30.3 Å². The normalized spacial score (nSPS) is 10.3. The molecule has 3 nitrogen and oxygen atoms in total. The molecule has 1 rings (SSSR count). The van der Waals surface area contributed by atoms with Crippen molar-refractivity contribution in [3.05, 3.63) is 29.8 Å². The van der Waals surface area contributed by atoms with Gasteiger partial charge < -0.3 is 11.1 Å². The maximum atomic E-state index is 12.8. The Kier molecular flexibility index (Phi) is 5.93. The number of thioether (sulfide) groups is 1. The van der Waals surface area contributed by atoms with Crippen LogP contribution in [-0.2, 0) is 4.79 Å². The molecular formula is C11H14F2N2OS. The molecule has 1 aromatic rings. The number of nitrogens with one attached hydrogen (secondary N) is 1. The Labute approximate surface area is 103 Å². The van der Waals surface area contributed by atoms with Crippen LogP contribution in [0.1, 0.15) is 6.42 Å². The molecule has 0 atom stereocenters. The van der Waals surface area contributed by atoms with Crippen molar-refractivity contribution in [1.29, 1.82) is 0 Å². The Balaban J connectivity index is 2.34. The Bertz CT molecular complexity index is 388. The summed E-state index contributed by atoms with van der Waals surface area (Å²) in [6.07, 6.45) is 0.724. The van der Waals surface area contributed by atoms with Gasteiger partial charge in [0.1, 0.15) is 0 Å². The molecule has 1 aromatic carbocycles. The fraction of sp³-hybridized carbons (Fsp3) is 0.364. The summed E-state index contributed by atoms with van der Waals surface area (Å²) in [5.74, 6) is -1.76. The molecule has 0 saturated heterocycles. The minimum atomic E-state index is -0.904. The highest BCUT2D eigenvalue weighted by molar-refractivity contribution is 8.00. The van der Waals surface area contributed by atoms with Gasteiger partial charge in [0.15, 0.2) is 11.6 Å². The molecule has 0 aliphatic heterocycles. The number of rotatable bonds is 6. The fourth-order valence-electron chi connectivity index (χ4n) is 1.10. The molecule has 0 unspecified atom stereocenters. The third kappa shape index (κ3) is 5.14. The number of carbonyl (C=O) groups is 1. The predicted molar refractivity (Wildman–Crippen MR) is 63.8 cm³/mol. The average molecular weight is 260 g/mol. The number of halogens is 2. The van der Waals surface area contributed by atoms with E-state index in [4.69, 9.17) is 5.73 Å². The van der Waals surface area contributed by atoms with Crippen molar-refractivity contribution >= 4 is 17.7 Å². The van der Waals surface area contributed by atoms with E-state index in [9.17, 15) is 13.6 Å². The molecule has 6 heteroatoms. The number of carbonyl (C=O) groups excluding carboxylic acids is 1. The van der Waals surface area contributed by atoms with Crippen LogP contribution in [0.3, 0.4) is 0 Å². The van der Waals surface area contributed by atoms with Crippen molar-refractivity contribution in [3.63, 3.8) is 0 Å². The summed E-state index contributed by atoms with van der Waals surface area (Å²) in [4.78, 5) is 11.8. The van der Waals surface area contributed by atoms with Crippen molar-refractivity contribution < 1.29 is 13.6 Å². The highest BCUT2D eigenvalue weighted by Crippen LogP contribution is 2.19. The van der Waals surface area contributed by atoms with Crippen molar-refractivity contribution in [2.45, 2.75) is 11.3 Å². The Morgan fingerprint density at radius 3 is 2.76 bits per heavy atom. The second-order valence-electron chi connectivity index (χ2n) is 3.36. The second-order valence-corrected chi connectivity index (χ2v) is 4.41. The van der Waals surface area contributed by atoms with E-state index < -0.39 is 11.6 Å². The van der Waals surface area contributed by atoms with Gasteiger partial charge in [-0.3, -0.25) is 4.79 Å². The van der Waals surface area contributed by atoms with E-state index in [-0.39, 0.29) is 11.7 Å². The topological polar surface area (TPSA) is 55.1 Å². The maximum Gasteiger partial charge on any atom is 0.230 e. The van der Waals surface area contributed by atoms with Crippen LogP contribution in [0.5, 0.6) is 0 Å². The average Bonchev–Trinajstić information content (AvgIpc) is 2.31. The van der Waals surface area contributed by atoms with Gasteiger partial charge in [-0.1, -0.05) is 0 Å². The molecule has 0 radical (unpaired) electrons. The van der Waals surface area contributed by atoms with Gasteiger partial charge in [-0.05, 0) is 31.2 Å². The third-order valence-electron chi connectivity index (χ3n) is 1.96. The van der Waals surface area contributed by atoms with Gasteiger partial charge in [0.05, 0.1) is 5.75 Å². The Morgan fingerprint density at radius 1 is 1.35 bits per heavy atom. The van der Waals surface area contributed by atoms with Gasteiger partial charge in [0, 0.05) is 11.4 Å². The summed E-state index contributed by atoms with van der Waals surface area (Å²) in [6, 6.07) is 3.56. The van der Waals surface area contributed by atoms with Gasteiger partial charge >= 0.3 is 0 Å². The first-order chi connectivity index (χ1) is 8.13. The summed E-state index contributed by atoms with van der Waals surface area (Å²) in [5.41, 5.74) is 5.28.